The van der Waals surface area contributed by atoms with Gasteiger partial charge in [-0.1, -0.05) is 19.8 Å². The number of carbonyl (C=O) groups excluding carboxylic acids is 1. The molecule has 0 aromatic carbocycles. The Morgan fingerprint density at radius 1 is 1.50 bits per heavy atom. The molecule has 0 aliphatic heterocycles. The number of fused-ring (bicyclic) bond motifs is 1. The number of hydrogen-bond acceptors (Lipinski definition) is 4. The molecule has 2 heterocycles. The van der Waals surface area contributed by atoms with Crippen molar-refractivity contribution in [1.82, 2.24) is 14.7 Å². The number of imidazole rings is 1. The highest BCUT2D eigenvalue weighted by molar-refractivity contribution is 7.15. The van der Waals surface area contributed by atoms with Crippen LogP contribution in [0, 0.1) is 5.92 Å². The van der Waals surface area contributed by atoms with E-state index in [0.29, 0.717) is 31.6 Å². The Morgan fingerprint density at radius 2 is 2.36 bits per heavy atom. The van der Waals surface area contributed by atoms with Gasteiger partial charge in [-0.05, 0) is 18.8 Å². The zero-order chi connectivity index (χ0) is 15.4. The second-order valence-corrected chi connectivity index (χ2v) is 6.90. The Hall–Kier alpha value is -1.40. The van der Waals surface area contributed by atoms with E-state index in [1.165, 1.54) is 19.3 Å². The van der Waals surface area contributed by atoms with Crippen molar-refractivity contribution < 1.29 is 9.53 Å². The van der Waals surface area contributed by atoms with E-state index in [0.717, 1.165) is 17.1 Å². The summed E-state index contributed by atoms with van der Waals surface area (Å²) in [6, 6.07) is 0. The van der Waals surface area contributed by atoms with E-state index < -0.39 is 0 Å². The molecule has 1 aliphatic rings. The standard InChI is InChI=1S/C16H23N3O2S/c1-12-4-2-3-5-14(12)21-8-6-17-15(20)10-13-11-19-7-9-22-16(19)18-13/h7,9,11-12,14H,2-6,8,10H2,1H3,(H,17,20)/t12-,14+/m1/s1. The molecule has 1 fully saturated rings. The van der Waals surface area contributed by atoms with Gasteiger partial charge >= 0.3 is 0 Å². The topological polar surface area (TPSA) is 55.6 Å². The lowest BCUT2D eigenvalue weighted by molar-refractivity contribution is -0.121. The molecule has 120 valence electrons. The fourth-order valence-electron chi connectivity index (χ4n) is 3.02. The van der Waals surface area contributed by atoms with Gasteiger partial charge in [0.05, 0.1) is 24.8 Å². The Balaban J connectivity index is 1.36. The van der Waals surface area contributed by atoms with Gasteiger partial charge < -0.3 is 10.1 Å². The summed E-state index contributed by atoms with van der Waals surface area (Å²) in [5.74, 6) is 0.647. The number of ether oxygens (including phenoxy) is 1. The quantitative estimate of drug-likeness (QED) is 0.832. The maximum Gasteiger partial charge on any atom is 0.226 e. The van der Waals surface area contributed by atoms with Crippen LogP contribution in [0.3, 0.4) is 0 Å². The number of hydrogen-bond donors (Lipinski definition) is 1. The minimum absolute atomic E-state index is 0.00560. The van der Waals surface area contributed by atoms with Gasteiger partial charge in [0, 0.05) is 24.3 Å². The summed E-state index contributed by atoms with van der Waals surface area (Å²) in [4.78, 5) is 17.3. The van der Waals surface area contributed by atoms with Gasteiger partial charge in [-0.15, -0.1) is 11.3 Å². The van der Waals surface area contributed by atoms with Crippen LogP contribution in [0.1, 0.15) is 38.3 Å². The van der Waals surface area contributed by atoms with Crippen molar-refractivity contribution in [1.29, 1.82) is 0 Å². The number of carbonyl (C=O) groups is 1. The Bertz CT molecular complexity index is 593. The summed E-state index contributed by atoms with van der Waals surface area (Å²) in [7, 11) is 0. The van der Waals surface area contributed by atoms with Gasteiger partial charge in [-0.3, -0.25) is 9.20 Å². The van der Waals surface area contributed by atoms with Crippen LogP contribution in [0.5, 0.6) is 0 Å². The molecule has 22 heavy (non-hydrogen) atoms. The maximum atomic E-state index is 11.9. The fourth-order valence-corrected chi connectivity index (χ4v) is 3.74. The van der Waals surface area contributed by atoms with Crippen LogP contribution in [0.15, 0.2) is 17.8 Å². The van der Waals surface area contributed by atoms with Gasteiger partial charge in [-0.2, -0.15) is 0 Å². The van der Waals surface area contributed by atoms with Crippen LogP contribution in [0.2, 0.25) is 0 Å². The molecule has 1 saturated carbocycles. The second kappa shape index (κ2) is 7.24. The van der Waals surface area contributed by atoms with Crippen LogP contribution in [-0.4, -0.2) is 34.5 Å². The summed E-state index contributed by atoms with van der Waals surface area (Å²) in [6.07, 6.45) is 9.55. The highest BCUT2D eigenvalue weighted by Crippen LogP contribution is 2.25. The molecule has 0 unspecified atom stereocenters. The molecule has 0 spiro atoms. The smallest absolute Gasteiger partial charge is 0.226 e. The van der Waals surface area contributed by atoms with Crippen molar-refractivity contribution in [3.63, 3.8) is 0 Å². The number of nitrogens with one attached hydrogen (secondary N) is 1. The third-order valence-corrected chi connectivity index (χ3v) is 5.04. The fraction of sp³-hybridized carbons (Fsp3) is 0.625. The predicted octanol–water partition coefficient (Wildman–Crippen LogP) is 2.65. The molecule has 1 N–H and O–H groups in total. The van der Waals surface area contributed by atoms with Crippen molar-refractivity contribution in [2.24, 2.45) is 5.92 Å². The summed E-state index contributed by atoms with van der Waals surface area (Å²) in [5.41, 5.74) is 0.811. The van der Waals surface area contributed by atoms with Crippen molar-refractivity contribution >= 4 is 22.2 Å². The van der Waals surface area contributed by atoms with Crippen molar-refractivity contribution in [3.8, 4) is 0 Å². The van der Waals surface area contributed by atoms with Gasteiger partial charge in [-0.25, -0.2) is 4.98 Å². The zero-order valence-corrected chi connectivity index (χ0v) is 13.8. The van der Waals surface area contributed by atoms with E-state index in [2.05, 4.69) is 17.2 Å². The van der Waals surface area contributed by atoms with E-state index in [-0.39, 0.29) is 5.91 Å². The number of amides is 1. The molecule has 0 saturated heterocycles. The van der Waals surface area contributed by atoms with Crippen LogP contribution < -0.4 is 5.32 Å². The van der Waals surface area contributed by atoms with Crippen LogP contribution >= 0.6 is 11.3 Å². The zero-order valence-electron chi connectivity index (χ0n) is 13.0. The molecule has 2 aromatic heterocycles. The predicted molar refractivity (Wildman–Crippen MR) is 87.2 cm³/mol. The number of rotatable bonds is 6. The first-order chi connectivity index (χ1) is 10.7. The summed E-state index contributed by atoms with van der Waals surface area (Å²) in [5, 5.41) is 4.89. The van der Waals surface area contributed by atoms with Crippen LogP contribution in [-0.2, 0) is 16.0 Å². The summed E-state index contributed by atoms with van der Waals surface area (Å²) < 4.78 is 7.84. The molecule has 3 rings (SSSR count). The summed E-state index contributed by atoms with van der Waals surface area (Å²) >= 11 is 1.57. The Morgan fingerprint density at radius 3 is 3.18 bits per heavy atom. The number of nitrogens with zero attached hydrogens (tertiary/aromatic N) is 2. The van der Waals surface area contributed by atoms with Crippen molar-refractivity contribution in [2.75, 3.05) is 13.2 Å². The van der Waals surface area contributed by atoms with Gasteiger partial charge in [0.1, 0.15) is 0 Å². The average Bonchev–Trinajstić information content (AvgIpc) is 3.06. The lowest BCUT2D eigenvalue weighted by atomic mass is 9.88. The van der Waals surface area contributed by atoms with E-state index in [4.69, 9.17) is 4.74 Å². The molecule has 1 aliphatic carbocycles. The molecule has 2 atom stereocenters. The van der Waals surface area contributed by atoms with Crippen molar-refractivity contribution in [2.45, 2.75) is 45.1 Å². The molecule has 5 nitrogen and oxygen atoms in total. The Labute approximate surface area is 134 Å². The Kier molecular flexibility index (Phi) is 5.10. The molecule has 1 amide bonds. The van der Waals surface area contributed by atoms with E-state index in [1.54, 1.807) is 11.3 Å². The first kappa shape index (κ1) is 15.5. The highest BCUT2D eigenvalue weighted by Gasteiger charge is 2.21. The number of aromatic nitrogens is 2. The largest absolute Gasteiger partial charge is 0.376 e. The third-order valence-electron chi connectivity index (χ3n) is 4.27. The molecule has 2 aromatic rings. The van der Waals surface area contributed by atoms with E-state index in [9.17, 15) is 4.79 Å². The average molecular weight is 321 g/mol. The second-order valence-electron chi connectivity index (χ2n) is 6.02. The molecule has 0 radical (unpaired) electrons. The van der Waals surface area contributed by atoms with Crippen LogP contribution in [0.4, 0.5) is 0 Å². The first-order valence-electron chi connectivity index (χ1n) is 8.02. The molecule has 0 bridgehead atoms. The minimum atomic E-state index is 0.00560. The normalized spacial score (nSPS) is 22.0. The number of thiazole rings is 1. The maximum absolute atomic E-state index is 11.9. The monoisotopic (exact) mass is 321 g/mol. The lowest BCUT2D eigenvalue weighted by Gasteiger charge is -2.28. The molecular weight excluding hydrogens is 298 g/mol. The van der Waals surface area contributed by atoms with Gasteiger partial charge in [0.2, 0.25) is 5.91 Å². The molecular formula is C16H23N3O2S. The van der Waals surface area contributed by atoms with Gasteiger partial charge in [0.15, 0.2) is 4.96 Å². The summed E-state index contributed by atoms with van der Waals surface area (Å²) in [6.45, 7) is 3.43. The van der Waals surface area contributed by atoms with Crippen molar-refractivity contribution in [3.05, 3.63) is 23.5 Å². The lowest BCUT2D eigenvalue weighted by Crippen LogP contribution is -2.32. The first-order valence-corrected chi connectivity index (χ1v) is 8.90. The van der Waals surface area contributed by atoms with Gasteiger partial charge in [0.25, 0.3) is 0 Å². The third kappa shape index (κ3) is 3.87. The van der Waals surface area contributed by atoms with Crippen LogP contribution in [0.25, 0.3) is 4.96 Å². The van der Waals surface area contributed by atoms with E-state index in [1.807, 2.05) is 22.2 Å². The molecule has 6 heteroatoms. The SMILES string of the molecule is C[C@@H]1CCCC[C@@H]1OCCNC(=O)Cc1cn2ccsc2n1. The minimum Gasteiger partial charge on any atom is -0.376 e. The van der Waals surface area contributed by atoms with E-state index >= 15 is 0 Å². The highest BCUT2D eigenvalue weighted by atomic mass is 32.1.